The van der Waals surface area contributed by atoms with Crippen molar-refractivity contribution in [2.24, 2.45) is 0 Å². The van der Waals surface area contributed by atoms with Crippen LogP contribution in [0.3, 0.4) is 0 Å². The third kappa shape index (κ3) is 2.40. The van der Waals surface area contributed by atoms with Crippen LogP contribution in [-0.2, 0) is 0 Å². The molecule has 0 amide bonds. The van der Waals surface area contributed by atoms with Crippen molar-refractivity contribution in [3.63, 3.8) is 0 Å². The first kappa shape index (κ1) is 11.3. The predicted octanol–water partition coefficient (Wildman–Crippen LogP) is 3.81. The van der Waals surface area contributed by atoms with Crippen LogP contribution >= 0.6 is 0 Å². The van der Waals surface area contributed by atoms with E-state index < -0.39 is 0 Å². The Balaban J connectivity index is 1.73. The molecule has 1 nitrogen and oxygen atoms in total. The number of nitrogens with one attached hydrogen (secondary N) is 1. The first-order valence-corrected chi connectivity index (χ1v) is 7.16. The van der Waals surface area contributed by atoms with Crippen molar-refractivity contribution in [1.29, 1.82) is 0 Å². The second-order valence-electron chi connectivity index (χ2n) is 5.88. The van der Waals surface area contributed by atoms with Crippen molar-refractivity contribution in [2.75, 3.05) is 6.54 Å². The van der Waals surface area contributed by atoms with Crippen LogP contribution in [0.2, 0.25) is 0 Å². The minimum absolute atomic E-state index is 0.709. The van der Waals surface area contributed by atoms with Crippen LogP contribution < -0.4 is 5.32 Å². The molecule has 92 valence electrons. The van der Waals surface area contributed by atoms with E-state index in [1.807, 2.05) is 0 Å². The van der Waals surface area contributed by atoms with Gasteiger partial charge in [-0.15, -0.1) is 0 Å². The summed E-state index contributed by atoms with van der Waals surface area (Å²) in [7, 11) is 0. The molecule has 1 aliphatic heterocycles. The Hall–Kier alpha value is -0.820. The molecule has 1 aromatic carbocycles. The van der Waals surface area contributed by atoms with E-state index in [9.17, 15) is 0 Å². The van der Waals surface area contributed by atoms with Gasteiger partial charge in [-0.25, -0.2) is 0 Å². The summed E-state index contributed by atoms with van der Waals surface area (Å²) < 4.78 is 0. The molecule has 1 saturated heterocycles. The van der Waals surface area contributed by atoms with Crippen LogP contribution in [0.1, 0.15) is 62.0 Å². The molecule has 2 atom stereocenters. The maximum atomic E-state index is 3.61. The summed E-state index contributed by atoms with van der Waals surface area (Å²) in [6.07, 6.45) is 6.91. The van der Waals surface area contributed by atoms with E-state index in [1.54, 1.807) is 11.1 Å². The number of hydrogen-bond acceptors (Lipinski definition) is 1. The van der Waals surface area contributed by atoms with E-state index in [-0.39, 0.29) is 0 Å². The summed E-state index contributed by atoms with van der Waals surface area (Å²) in [5.74, 6) is 1.61. The van der Waals surface area contributed by atoms with Crippen LogP contribution in [0.25, 0.3) is 0 Å². The number of piperidine rings is 1. The Bertz CT molecular complexity index is 373. The maximum Gasteiger partial charge on any atom is 0.00391 e. The van der Waals surface area contributed by atoms with Crippen LogP contribution in [-0.4, -0.2) is 12.6 Å². The lowest BCUT2D eigenvalue weighted by Crippen LogP contribution is -2.35. The highest BCUT2D eigenvalue weighted by Crippen LogP contribution is 2.37. The van der Waals surface area contributed by atoms with Crippen molar-refractivity contribution >= 4 is 0 Å². The Labute approximate surface area is 105 Å². The Morgan fingerprint density at radius 1 is 1.00 bits per heavy atom. The van der Waals surface area contributed by atoms with Crippen LogP contribution in [0, 0.1) is 0 Å². The fourth-order valence-corrected chi connectivity index (χ4v) is 3.09. The summed E-state index contributed by atoms with van der Waals surface area (Å²) in [5, 5.41) is 3.61. The lowest BCUT2D eigenvalue weighted by atomic mass is 9.78. The van der Waals surface area contributed by atoms with E-state index in [0.717, 1.165) is 18.4 Å². The summed E-state index contributed by atoms with van der Waals surface area (Å²) in [5.41, 5.74) is 3.15. The predicted molar refractivity (Wildman–Crippen MR) is 72.5 cm³/mol. The van der Waals surface area contributed by atoms with Crippen molar-refractivity contribution in [3.8, 4) is 0 Å². The van der Waals surface area contributed by atoms with Crippen molar-refractivity contribution in [2.45, 2.75) is 56.9 Å². The van der Waals surface area contributed by atoms with Crippen LogP contribution in [0.5, 0.6) is 0 Å². The molecule has 1 aliphatic carbocycles. The third-order valence-corrected chi connectivity index (χ3v) is 4.62. The normalized spacial score (nSPS) is 29.9. The minimum atomic E-state index is 0.709. The maximum absolute atomic E-state index is 3.61. The molecule has 1 heterocycles. The van der Waals surface area contributed by atoms with Gasteiger partial charge in [0, 0.05) is 12.6 Å². The van der Waals surface area contributed by atoms with Gasteiger partial charge in [-0.05, 0) is 55.6 Å². The van der Waals surface area contributed by atoms with Gasteiger partial charge >= 0.3 is 0 Å². The fourth-order valence-electron chi connectivity index (χ4n) is 3.09. The zero-order chi connectivity index (χ0) is 11.7. The van der Waals surface area contributed by atoms with E-state index >= 15 is 0 Å². The Morgan fingerprint density at radius 3 is 2.35 bits per heavy atom. The van der Waals surface area contributed by atoms with Gasteiger partial charge in [-0.1, -0.05) is 30.7 Å². The molecule has 1 saturated carbocycles. The topological polar surface area (TPSA) is 12.0 Å². The average molecular weight is 229 g/mol. The number of benzene rings is 1. The lowest BCUT2D eigenvalue weighted by Gasteiger charge is -2.30. The van der Waals surface area contributed by atoms with Gasteiger partial charge in [0.2, 0.25) is 0 Å². The molecule has 1 aromatic rings. The number of hydrogen-bond donors (Lipinski definition) is 1. The molecule has 1 N–H and O–H groups in total. The zero-order valence-electron chi connectivity index (χ0n) is 10.8. The smallest absolute Gasteiger partial charge is 0.00391 e. The summed E-state index contributed by atoms with van der Waals surface area (Å²) in [6.45, 7) is 3.45. The van der Waals surface area contributed by atoms with Gasteiger partial charge < -0.3 is 5.32 Å². The SMILES string of the molecule is CC1CCC(c2cccc(C3CCC3)c2)CN1. The Kier molecular flexibility index (Phi) is 3.19. The monoisotopic (exact) mass is 229 g/mol. The summed E-state index contributed by atoms with van der Waals surface area (Å²) in [6, 6.07) is 10.1. The van der Waals surface area contributed by atoms with E-state index in [2.05, 4.69) is 36.5 Å². The van der Waals surface area contributed by atoms with Gasteiger partial charge in [0.25, 0.3) is 0 Å². The van der Waals surface area contributed by atoms with Gasteiger partial charge in [-0.2, -0.15) is 0 Å². The molecule has 0 aromatic heterocycles. The highest BCUT2D eigenvalue weighted by molar-refractivity contribution is 5.30. The molecule has 0 bridgehead atoms. The van der Waals surface area contributed by atoms with Crippen molar-refractivity contribution in [1.82, 2.24) is 5.32 Å². The zero-order valence-corrected chi connectivity index (χ0v) is 10.8. The number of rotatable bonds is 2. The van der Waals surface area contributed by atoms with Gasteiger partial charge in [-0.3, -0.25) is 0 Å². The standard InChI is InChI=1S/C16H23N/c1-12-8-9-16(11-17-12)15-7-3-6-14(10-15)13-4-2-5-13/h3,6-7,10,12-13,16-17H,2,4-5,8-9,11H2,1H3. The summed E-state index contributed by atoms with van der Waals surface area (Å²) in [4.78, 5) is 0. The molecular weight excluding hydrogens is 206 g/mol. The molecule has 2 unspecified atom stereocenters. The van der Waals surface area contributed by atoms with Crippen molar-refractivity contribution in [3.05, 3.63) is 35.4 Å². The molecule has 1 heteroatoms. The molecular formula is C16H23N. The van der Waals surface area contributed by atoms with Gasteiger partial charge in [0.05, 0.1) is 0 Å². The first-order valence-electron chi connectivity index (χ1n) is 7.16. The molecule has 0 radical (unpaired) electrons. The highest BCUT2D eigenvalue weighted by atomic mass is 14.9. The molecule has 0 spiro atoms. The lowest BCUT2D eigenvalue weighted by molar-refractivity contribution is 0.383. The molecule has 17 heavy (non-hydrogen) atoms. The van der Waals surface area contributed by atoms with Crippen molar-refractivity contribution < 1.29 is 0 Å². The quantitative estimate of drug-likeness (QED) is 0.813. The molecule has 2 fully saturated rings. The van der Waals surface area contributed by atoms with Crippen LogP contribution in [0.4, 0.5) is 0 Å². The third-order valence-electron chi connectivity index (χ3n) is 4.62. The molecule has 3 rings (SSSR count). The van der Waals surface area contributed by atoms with E-state index in [1.165, 1.54) is 32.1 Å². The van der Waals surface area contributed by atoms with Gasteiger partial charge in [0.15, 0.2) is 0 Å². The van der Waals surface area contributed by atoms with E-state index in [4.69, 9.17) is 0 Å². The first-order chi connectivity index (χ1) is 8.33. The average Bonchev–Trinajstić information content (AvgIpc) is 2.28. The highest BCUT2D eigenvalue weighted by Gasteiger charge is 2.22. The second-order valence-corrected chi connectivity index (χ2v) is 5.88. The summed E-state index contributed by atoms with van der Waals surface area (Å²) >= 11 is 0. The second kappa shape index (κ2) is 4.81. The molecule has 2 aliphatic rings. The van der Waals surface area contributed by atoms with Gasteiger partial charge in [0.1, 0.15) is 0 Å². The minimum Gasteiger partial charge on any atom is -0.314 e. The Morgan fingerprint density at radius 2 is 1.76 bits per heavy atom. The fraction of sp³-hybridized carbons (Fsp3) is 0.625. The van der Waals surface area contributed by atoms with E-state index in [0.29, 0.717) is 6.04 Å². The largest absolute Gasteiger partial charge is 0.314 e. The van der Waals surface area contributed by atoms with Crippen LogP contribution in [0.15, 0.2) is 24.3 Å².